The molecule has 3 N–H and O–H groups in total. The number of nitrogens with zero attached hydrogens (tertiary/aromatic N) is 1. The summed E-state index contributed by atoms with van der Waals surface area (Å²) < 4.78 is 86.7. The zero-order valence-corrected chi connectivity index (χ0v) is 21.1. The van der Waals surface area contributed by atoms with E-state index in [4.69, 9.17) is 19.9 Å². The third kappa shape index (κ3) is 5.48. The standard InChI is InChI=1S/C26H30F5N3O4/c1-13-20(16-6-7-17(27)21(28)22(16)36-3)23(38-25(13,2)26(29,30)31)24(35)34-15-8-9-33-19(10-15)18(32)12-37-11-14-4-5-14/h6-10,13-14,18,20,23H,4-5,11-12,32H2,1-3H3,(H,33,34,35)/t13-,18?,20-,23+,25+/m0/s1. The van der Waals surface area contributed by atoms with Gasteiger partial charge in [0.15, 0.2) is 17.2 Å². The van der Waals surface area contributed by atoms with Crippen molar-refractivity contribution in [2.24, 2.45) is 17.6 Å². The third-order valence-electron chi connectivity index (χ3n) is 7.35. The molecule has 2 fully saturated rings. The Hall–Kier alpha value is -2.83. The number of ether oxygens (including phenoxy) is 3. The van der Waals surface area contributed by atoms with Crippen molar-refractivity contribution in [3.8, 4) is 5.75 Å². The van der Waals surface area contributed by atoms with Crippen molar-refractivity contribution in [1.82, 2.24) is 4.98 Å². The van der Waals surface area contributed by atoms with Crippen molar-refractivity contribution in [3.63, 3.8) is 0 Å². The number of methoxy groups -OCH3 is 1. The van der Waals surface area contributed by atoms with Gasteiger partial charge in [0.2, 0.25) is 5.82 Å². The van der Waals surface area contributed by atoms with Gasteiger partial charge in [-0.05, 0) is 43.9 Å². The normalized spacial score (nSPS) is 26.3. The maximum atomic E-state index is 14.5. The number of hydrogen-bond donors (Lipinski definition) is 2. The molecule has 2 aliphatic rings. The van der Waals surface area contributed by atoms with Crippen LogP contribution in [0.1, 0.15) is 49.9 Å². The summed E-state index contributed by atoms with van der Waals surface area (Å²) in [6, 6.07) is 4.25. The molecule has 1 saturated carbocycles. The van der Waals surface area contributed by atoms with Crippen LogP contribution in [0.15, 0.2) is 30.5 Å². The van der Waals surface area contributed by atoms with E-state index in [-0.39, 0.29) is 17.9 Å². The van der Waals surface area contributed by atoms with Crippen LogP contribution in [0.3, 0.4) is 0 Å². The molecule has 0 radical (unpaired) electrons. The maximum Gasteiger partial charge on any atom is 0.417 e. The fraction of sp³-hybridized carbons (Fsp3) is 0.538. The van der Waals surface area contributed by atoms with E-state index in [0.717, 1.165) is 39.0 Å². The molecule has 7 nitrogen and oxygen atoms in total. The highest BCUT2D eigenvalue weighted by Crippen LogP contribution is 2.55. The van der Waals surface area contributed by atoms with Crippen LogP contribution >= 0.6 is 0 Å². The molecule has 5 atom stereocenters. The lowest BCUT2D eigenvalue weighted by Gasteiger charge is -2.32. The lowest BCUT2D eigenvalue weighted by atomic mass is 9.77. The Balaban J connectivity index is 1.61. The number of nitrogens with one attached hydrogen (secondary N) is 1. The number of pyridine rings is 1. The number of nitrogens with two attached hydrogens (primary N) is 1. The Bertz CT molecular complexity index is 1180. The molecule has 38 heavy (non-hydrogen) atoms. The number of aromatic nitrogens is 1. The van der Waals surface area contributed by atoms with Gasteiger partial charge in [-0.3, -0.25) is 9.78 Å². The molecule has 1 unspecified atom stereocenters. The Morgan fingerprint density at radius 2 is 2.00 bits per heavy atom. The molecule has 1 aliphatic heterocycles. The van der Waals surface area contributed by atoms with E-state index in [9.17, 15) is 26.7 Å². The number of hydrogen-bond acceptors (Lipinski definition) is 6. The van der Waals surface area contributed by atoms with Crippen LogP contribution in [0.2, 0.25) is 0 Å². The van der Waals surface area contributed by atoms with Gasteiger partial charge in [0.05, 0.1) is 25.5 Å². The Morgan fingerprint density at radius 3 is 2.63 bits per heavy atom. The SMILES string of the molecule is COc1c([C@H]2[C@H](C(=O)Nc3ccnc(C(N)COCC4CC4)c3)O[C@@](C)(C(F)(F)F)[C@H]2C)ccc(F)c1F. The summed E-state index contributed by atoms with van der Waals surface area (Å²) in [5.74, 6) is -6.21. The average Bonchev–Trinajstić information content (AvgIpc) is 3.64. The number of alkyl halides is 3. The predicted molar refractivity (Wildman–Crippen MR) is 127 cm³/mol. The first-order valence-electron chi connectivity index (χ1n) is 12.2. The van der Waals surface area contributed by atoms with Gasteiger partial charge >= 0.3 is 6.18 Å². The van der Waals surface area contributed by atoms with Crippen molar-refractivity contribution in [2.75, 3.05) is 25.6 Å². The smallest absolute Gasteiger partial charge is 0.417 e. The molecular weight excluding hydrogens is 513 g/mol. The van der Waals surface area contributed by atoms with E-state index < -0.39 is 59.1 Å². The minimum Gasteiger partial charge on any atom is -0.493 e. The first-order valence-corrected chi connectivity index (χ1v) is 12.2. The third-order valence-corrected chi connectivity index (χ3v) is 7.35. The molecule has 1 aromatic heterocycles. The fourth-order valence-corrected chi connectivity index (χ4v) is 4.71. The van der Waals surface area contributed by atoms with Crippen molar-refractivity contribution in [1.29, 1.82) is 0 Å². The molecular formula is C26H30F5N3O4. The monoisotopic (exact) mass is 543 g/mol. The zero-order valence-electron chi connectivity index (χ0n) is 21.1. The van der Waals surface area contributed by atoms with E-state index in [1.165, 1.54) is 25.3 Å². The summed E-state index contributed by atoms with van der Waals surface area (Å²) in [4.78, 5) is 17.6. The van der Waals surface area contributed by atoms with Gasteiger partial charge in [-0.2, -0.15) is 17.6 Å². The van der Waals surface area contributed by atoms with E-state index >= 15 is 0 Å². The molecule has 1 saturated heterocycles. The van der Waals surface area contributed by atoms with Crippen molar-refractivity contribution in [3.05, 3.63) is 53.4 Å². The second-order valence-corrected chi connectivity index (χ2v) is 9.99. The molecule has 12 heteroatoms. The van der Waals surface area contributed by atoms with Crippen molar-refractivity contribution < 1.29 is 41.0 Å². The second kappa shape index (κ2) is 10.7. The van der Waals surface area contributed by atoms with E-state index in [2.05, 4.69) is 10.3 Å². The van der Waals surface area contributed by atoms with E-state index in [1.807, 2.05) is 0 Å². The zero-order chi connectivity index (χ0) is 27.8. The van der Waals surface area contributed by atoms with E-state index in [1.54, 1.807) is 0 Å². The molecule has 0 spiro atoms. The van der Waals surface area contributed by atoms with Gasteiger partial charge < -0.3 is 25.3 Å². The topological polar surface area (TPSA) is 95.7 Å². The Morgan fingerprint density at radius 1 is 1.29 bits per heavy atom. The first-order chi connectivity index (χ1) is 17.9. The minimum absolute atomic E-state index is 0.114. The quantitative estimate of drug-likeness (QED) is 0.438. The summed E-state index contributed by atoms with van der Waals surface area (Å²) in [7, 11) is 1.07. The van der Waals surface area contributed by atoms with Crippen molar-refractivity contribution >= 4 is 11.6 Å². The first kappa shape index (κ1) is 28.2. The molecule has 0 bridgehead atoms. The van der Waals surface area contributed by atoms with Gasteiger partial charge in [-0.15, -0.1) is 0 Å². The van der Waals surface area contributed by atoms with Gasteiger partial charge in [0, 0.05) is 35.9 Å². The van der Waals surface area contributed by atoms with Gasteiger partial charge in [-0.1, -0.05) is 13.0 Å². The van der Waals surface area contributed by atoms with Gasteiger partial charge in [0.25, 0.3) is 5.91 Å². The van der Waals surface area contributed by atoms with Crippen LogP contribution in [-0.2, 0) is 14.3 Å². The molecule has 1 aromatic carbocycles. The number of anilines is 1. The maximum absolute atomic E-state index is 14.5. The van der Waals surface area contributed by atoms with Crippen LogP contribution in [0.25, 0.3) is 0 Å². The van der Waals surface area contributed by atoms with E-state index in [0.29, 0.717) is 18.2 Å². The predicted octanol–water partition coefficient (Wildman–Crippen LogP) is 4.87. The summed E-state index contributed by atoms with van der Waals surface area (Å²) in [5.41, 5.74) is 3.93. The highest BCUT2D eigenvalue weighted by atomic mass is 19.4. The van der Waals surface area contributed by atoms with Gasteiger partial charge in [-0.25, -0.2) is 4.39 Å². The Labute approximate surface area is 216 Å². The van der Waals surface area contributed by atoms with Crippen LogP contribution in [-0.4, -0.2) is 49.1 Å². The molecule has 1 amide bonds. The molecule has 2 aromatic rings. The highest BCUT2D eigenvalue weighted by molar-refractivity contribution is 5.95. The number of benzene rings is 1. The molecule has 4 rings (SSSR count). The number of halogens is 5. The van der Waals surface area contributed by atoms with Crippen LogP contribution < -0.4 is 15.8 Å². The second-order valence-electron chi connectivity index (χ2n) is 9.99. The Kier molecular flexibility index (Phi) is 7.96. The fourth-order valence-electron chi connectivity index (χ4n) is 4.71. The summed E-state index contributed by atoms with van der Waals surface area (Å²) in [6.07, 6.45) is -2.91. The highest BCUT2D eigenvalue weighted by Gasteiger charge is 2.65. The molecule has 208 valence electrons. The summed E-state index contributed by atoms with van der Waals surface area (Å²) in [5, 5.41) is 2.56. The largest absolute Gasteiger partial charge is 0.493 e. The minimum atomic E-state index is -4.86. The summed E-state index contributed by atoms with van der Waals surface area (Å²) in [6.45, 7) is 2.90. The average molecular weight is 544 g/mol. The lowest BCUT2D eigenvalue weighted by Crippen LogP contribution is -2.47. The van der Waals surface area contributed by atoms with Crippen molar-refractivity contribution in [2.45, 2.75) is 56.5 Å². The number of carbonyl (C=O) groups excluding carboxylic acids is 1. The number of amides is 1. The van der Waals surface area contributed by atoms with Gasteiger partial charge in [0.1, 0.15) is 6.10 Å². The molecule has 2 heterocycles. The number of carbonyl (C=O) groups is 1. The summed E-state index contributed by atoms with van der Waals surface area (Å²) >= 11 is 0. The van der Waals surface area contributed by atoms with Crippen LogP contribution in [0.5, 0.6) is 5.75 Å². The number of rotatable bonds is 9. The van der Waals surface area contributed by atoms with Crippen LogP contribution in [0.4, 0.5) is 27.6 Å². The lowest BCUT2D eigenvalue weighted by molar-refractivity contribution is -0.272. The molecule has 1 aliphatic carbocycles. The van der Waals surface area contributed by atoms with Crippen LogP contribution in [0, 0.1) is 23.5 Å².